The average Bonchev–Trinajstić information content (AvgIpc) is 2.28. The standard InChI is InChI=1S/C15H21NO/c1-12(2)8-10-17-15-7-6-13(3)11-14(15)5-4-9-16/h6-7,11-12H,8-10,16H2,1-3H3. The van der Waals surface area contributed by atoms with E-state index in [1.54, 1.807) is 0 Å². The summed E-state index contributed by atoms with van der Waals surface area (Å²) in [6.45, 7) is 7.53. The van der Waals surface area contributed by atoms with Crippen LogP contribution in [0.3, 0.4) is 0 Å². The number of rotatable bonds is 4. The molecule has 1 aromatic rings. The molecule has 0 aromatic heterocycles. The van der Waals surface area contributed by atoms with E-state index in [-0.39, 0.29) is 0 Å². The summed E-state index contributed by atoms with van der Waals surface area (Å²) in [5.41, 5.74) is 7.50. The molecule has 0 heterocycles. The highest BCUT2D eigenvalue weighted by atomic mass is 16.5. The van der Waals surface area contributed by atoms with Crippen molar-refractivity contribution in [3.8, 4) is 17.6 Å². The lowest BCUT2D eigenvalue weighted by Crippen LogP contribution is -2.03. The topological polar surface area (TPSA) is 35.2 Å². The molecule has 0 aliphatic heterocycles. The van der Waals surface area contributed by atoms with Gasteiger partial charge in [-0.2, -0.15) is 0 Å². The van der Waals surface area contributed by atoms with Crippen molar-refractivity contribution in [3.63, 3.8) is 0 Å². The SMILES string of the molecule is Cc1ccc(OCCC(C)C)c(C#CCN)c1. The second kappa shape index (κ2) is 6.98. The zero-order valence-electron chi connectivity index (χ0n) is 10.9. The molecule has 0 radical (unpaired) electrons. The second-order valence-electron chi connectivity index (χ2n) is 4.54. The first-order valence-corrected chi connectivity index (χ1v) is 6.06. The lowest BCUT2D eigenvalue weighted by atomic mass is 10.1. The normalized spacial score (nSPS) is 9.94. The number of hydrogen-bond donors (Lipinski definition) is 1. The van der Waals surface area contributed by atoms with Crippen LogP contribution < -0.4 is 10.5 Å². The lowest BCUT2D eigenvalue weighted by molar-refractivity contribution is 0.289. The summed E-state index contributed by atoms with van der Waals surface area (Å²) in [6.07, 6.45) is 1.05. The van der Waals surface area contributed by atoms with Crippen LogP contribution in [0.4, 0.5) is 0 Å². The molecule has 0 amide bonds. The molecule has 0 atom stereocenters. The van der Waals surface area contributed by atoms with E-state index in [0.29, 0.717) is 12.5 Å². The fourth-order valence-electron chi connectivity index (χ4n) is 1.42. The summed E-state index contributed by atoms with van der Waals surface area (Å²) < 4.78 is 5.76. The van der Waals surface area contributed by atoms with Crippen LogP contribution in [0, 0.1) is 24.7 Å². The monoisotopic (exact) mass is 231 g/mol. The Bertz CT molecular complexity index is 413. The van der Waals surface area contributed by atoms with E-state index in [0.717, 1.165) is 24.3 Å². The van der Waals surface area contributed by atoms with Gasteiger partial charge in [0.25, 0.3) is 0 Å². The Morgan fingerprint density at radius 1 is 1.35 bits per heavy atom. The van der Waals surface area contributed by atoms with E-state index in [4.69, 9.17) is 10.5 Å². The van der Waals surface area contributed by atoms with Gasteiger partial charge in [0.15, 0.2) is 0 Å². The van der Waals surface area contributed by atoms with Crippen LogP contribution in [0.15, 0.2) is 18.2 Å². The maximum absolute atomic E-state index is 5.76. The number of ether oxygens (including phenoxy) is 1. The largest absolute Gasteiger partial charge is 0.492 e. The Hall–Kier alpha value is -1.46. The number of nitrogens with two attached hydrogens (primary N) is 1. The highest BCUT2D eigenvalue weighted by Gasteiger charge is 2.02. The summed E-state index contributed by atoms with van der Waals surface area (Å²) in [4.78, 5) is 0. The van der Waals surface area contributed by atoms with Gasteiger partial charge >= 0.3 is 0 Å². The van der Waals surface area contributed by atoms with Gasteiger partial charge < -0.3 is 10.5 Å². The lowest BCUT2D eigenvalue weighted by Gasteiger charge is -2.10. The summed E-state index contributed by atoms with van der Waals surface area (Å²) >= 11 is 0. The molecule has 1 aromatic carbocycles. The number of benzene rings is 1. The van der Waals surface area contributed by atoms with Crippen molar-refractivity contribution in [1.29, 1.82) is 0 Å². The van der Waals surface area contributed by atoms with Gasteiger partial charge in [-0.1, -0.05) is 31.8 Å². The summed E-state index contributed by atoms with van der Waals surface area (Å²) in [5, 5.41) is 0. The molecule has 0 unspecified atom stereocenters. The predicted molar refractivity (Wildman–Crippen MR) is 72.1 cm³/mol. The summed E-state index contributed by atoms with van der Waals surface area (Å²) in [7, 11) is 0. The van der Waals surface area contributed by atoms with Gasteiger partial charge in [0.2, 0.25) is 0 Å². The Kier molecular flexibility index (Phi) is 5.59. The minimum atomic E-state index is 0.374. The first-order chi connectivity index (χ1) is 8.13. The van der Waals surface area contributed by atoms with Crippen molar-refractivity contribution >= 4 is 0 Å². The molecule has 0 bridgehead atoms. The Morgan fingerprint density at radius 2 is 2.12 bits per heavy atom. The van der Waals surface area contributed by atoms with Crippen LogP contribution in [0.2, 0.25) is 0 Å². The van der Waals surface area contributed by atoms with Crippen molar-refractivity contribution in [2.24, 2.45) is 11.7 Å². The molecule has 17 heavy (non-hydrogen) atoms. The fourth-order valence-corrected chi connectivity index (χ4v) is 1.42. The van der Waals surface area contributed by atoms with Gasteiger partial charge in [-0.15, -0.1) is 0 Å². The quantitative estimate of drug-likeness (QED) is 0.809. The van der Waals surface area contributed by atoms with E-state index in [9.17, 15) is 0 Å². The third kappa shape index (κ3) is 4.93. The molecule has 1 rings (SSSR count). The van der Waals surface area contributed by atoms with Crippen molar-refractivity contribution in [1.82, 2.24) is 0 Å². The predicted octanol–water partition coefficient (Wildman–Crippen LogP) is 2.73. The Morgan fingerprint density at radius 3 is 2.76 bits per heavy atom. The second-order valence-corrected chi connectivity index (χ2v) is 4.54. The van der Waals surface area contributed by atoms with E-state index in [1.807, 2.05) is 25.1 Å². The van der Waals surface area contributed by atoms with Crippen molar-refractivity contribution in [2.45, 2.75) is 27.2 Å². The van der Waals surface area contributed by atoms with Crippen molar-refractivity contribution in [3.05, 3.63) is 29.3 Å². The van der Waals surface area contributed by atoms with Gasteiger partial charge in [-0.25, -0.2) is 0 Å². The average molecular weight is 231 g/mol. The number of aryl methyl sites for hydroxylation is 1. The smallest absolute Gasteiger partial charge is 0.134 e. The van der Waals surface area contributed by atoms with E-state index < -0.39 is 0 Å². The van der Waals surface area contributed by atoms with Crippen LogP contribution in [0.1, 0.15) is 31.4 Å². The molecule has 0 saturated carbocycles. The minimum absolute atomic E-state index is 0.374. The first-order valence-electron chi connectivity index (χ1n) is 6.06. The third-order valence-corrected chi connectivity index (χ3v) is 2.41. The molecule has 2 heteroatoms. The molecule has 0 saturated heterocycles. The maximum atomic E-state index is 5.76. The molecule has 0 spiro atoms. The van der Waals surface area contributed by atoms with Gasteiger partial charge in [0, 0.05) is 0 Å². The van der Waals surface area contributed by atoms with Crippen LogP contribution in [-0.2, 0) is 0 Å². The third-order valence-electron chi connectivity index (χ3n) is 2.41. The van der Waals surface area contributed by atoms with Crippen LogP contribution in [0.5, 0.6) is 5.75 Å². The van der Waals surface area contributed by atoms with Gasteiger partial charge in [-0.3, -0.25) is 0 Å². The zero-order chi connectivity index (χ0) is 12.7. The van der Waals surface area contributed by atoms with Crippen LogP contribution >= 0.6 is 0 Å². The van der Waals surface area contributed by atoms with E-state index in [1.165, 1.54) is 5.56 Å². The molecule has 0 aliphatic rings. The van der Waals surface area contributed by atoms with E-state index >= 15 is 0 Å². The van der Waals surface area contributed by atoms with Gasteiger partial charge in [-0.05, 0) is 37.0 Å². The van der Waals surface area contributed by atoms with Crippen molar-refractivity contribution in [2.75, 3.05) is 13.2 Å². The molecular weight excluding hydrogens is 210 g/mol. The molecule has 0 aliphatic carbocycles. The fraction of sp³-hybridized carbons (Fsp3) is 0.467. The van der Waals surface area contributed by atoms with Gasteiger partial charge in [0.1, 0.15) is 5.75 Å². The van der Waals surface area contributed by atoms with Gasteiger partial charge in [0.05, 0.1) is 18.7 Å². The van der Waals surface area contributed by atoms with E-state index in [2.05, 4.69) is 25.7 Å². The maximum Gasteiger partial charge on any atom is 0.134 e. The summed E-state index contributed by atoms with van der Waals surface area (Å²) in [6, 6.07) is 6.06. The highest BCUT2D eigenvalue weighted by Crippen LogP contribution is 2.19. The zero-order valence-corrected chi connectivity index (χ0v) is 10.9. The Balaban J connectivity index is 2.76. The highest BCUT2D eigenvalue weighted by molar-refractivity contribution is 5.48. The molecular formula is C15H21NO. The molecule has 0 fully saturated rings. The van der Waals surface area contributed by atoms with Crippen LogP contribution in [-0.4, -0.2) is 13.2 Å². The number of hydrogen-bond acceptors (Lipinski definition) is 2. The molecule has 2 N–H and O–H groups in total. The summed E-state index contributed by atoms with van der Waals surface area (Å²) in [5.74, 6) is 7.43. The first kappa shape index (κ1) is 13.6. The molecule has 2 nitrogen and oxygen atoms in total. The Labute approximate surface area is 104 Å². The van der Waals surface area contributed by atoms with Crippen molar-refractivity contribution < 1.29 is 4.74 Å². The molecule has 92 valence electrons. The van der Waals surface area contributed by atoms with Crippen LogP contribution in [0.25, 0.3) is 0 Å². The minimum Gasteiger partial charge on any atom is -0.492 e.